The smallest absolute Gasteiger partial charge is 0.0835 e. The van der Waals surface area contributed by atoms with Crippen molar-refractivity contribution in [3.8, 4) is 0 Å². The summed E-state index contributed by atoms with van der Waals surface area (Å²) in [4.78, 5) is 0. The fourth-order valence-electron chi connectivity index (χ4n) is 13.0. The van der Waals surface area contributed by atoms with E-state index in [9.17, 15) is 0 Å². The highest BCUT2D eigenvalue weighted by molar-refractivity contribution is 4.75. The first kappa shape index (κ1) is 86.6. The lowest BCUT2D eigenvalue weighted by molar-refractivity contribution is -0.934. The molecule has 78 heavy (non-hydrogen) atoms. The highest BCUT2D eigenvalue weighted by atomic mass is 15.4. The maximum atomic E-state index is 2.53. The van der Waals surface area contributed by atoms with E-state index in [1.54, 1.807) is 0 Å². The number of nitrogens with zero attached hydrogens (tertiary/aromatic N) is 4. The van der Waals surface area contributed by atoms with Gasteiger partial charge >= 0.3 is 0 Å². The molecule has 0 saturated heterocycles. The summed E-state index contributed by atoms with van der Waals surface area (Å²) in [5, 5.41) is 0. The van der Waals surface area contributed by atoms with Crippen LogP contribution >= 0.6 is 0 Å². The van der Waals surface area contributed by atoms with E-state index in [-0.39, 0.29) is 14.9 Å². The quantitative estimate of drug-likeness (QED) is 0.0421. The molecule has 0 unspecified atom stereocenters. The van der Waals surface area contributed by atoms with Crippen molar-refractivity contribution in [3.63, 3.8) is 0 Å². The molecule has 0 bridgehead atoms. The van der Waals surface area contributed by atoms with E-state index >= 15 is 0 Å². The monoisotopic (exact) mass is 1110 g/mol. The van der Waals surface area contributed by atoms with Crippen molar-refractivity contribution < 1.29 is 17.9 Å². The van der Waals surface area contributed by atoms with Gasteiger partial charge in [0.15, 0.2) is 0 Å². The van der Waals surface area contributed by atoms with Crippen LogP contribution in [0.15, 0.2) is 0 Å². The summed E-state index contributed by atoms with van der Waals surface area (Å²) in [6.45, 7) is 72.8. The second kappa shape index (κ2) is 52.4. The van der Waals surface area contributed by atoms with Crippen LogP contribution in [0.2, 0.25) is 0 Å². The average molecular weight is 1110 g/mol. The van der Waals surface area contributed by atoms with Crippen molar-refractivity contribution in [2.45, 2.75) is 359 Å². The molecule has 478 valence electrons. The van der Waals surface area contributed by atoms with E-state index in [1.807, 2.05) is 0 Å². The summed E-state index contributed by atoms with van der Waals surface area (Å²) in [5.41, 5.74) is 1.39. The number of unbranched alkanes of at least 4 members (excludes halogenated alkanes) is 13. The minimum absolute atomic E-state index is 0. The van der Waals surface area contributed by atoms with Crippen molar-refractivity contribution in [3.05, 3.63) is 0 Å². The second-order valence-electron chi connectivity index (χ2n) is 29.5. The summed E-state index contributed by atoms with van der Waals surface area (Å²) >= 11 is 0. The molecular weight excluding hydrogens is 945 g/mol. The molecule has 0 fully saturated rings. The summed E-state index contributed by atoms with van der Waals surface area (Å²) in [6.07, 6.45) is 42.9. The number of hydrogen-bond acceptors (Lipinski definition) is 0. The molecule has 0 saturated carbocycles. The largest absolute Gasteiger partial charge is 0.324 e. The van der Waals surface area contributed by atoms with Crippen LogP contribution in [0.3, 0.4) is 0 Å². The van der Waals surface area contributed by atoms with Crippen LogP contribution in [0.5, 0.6) is 0 Å². The van der Waals surface area contributed by atoms with Gasteiger partial charge in [-0.3, -0.25) is 0 Å². The van der Waals surface area contributed by atoms with E-state index in [2.05, 4.69) is 145 Å². The molecule has 0 spiro atoms. The van der Waals surface area contributed by atoms with Crippen LogP contribution in [0.4, 0.5) is 0 Å². The molecular formula is C74H166N4+4. The first-order valence-corrected chi connectivity index (χ1v) is 35.4. The Hall–Kier alpha value is -0.160. The van der Waals surface area contributed by atoms with Crippen molar-refractivity contribution in [1.29, 1.82) is 0 Å². The van der Waals surface area contributed by atoms with Gasteiger partial charge in [-0.05, 0) is 139 Å². The van der Waals surface area contributed by atoms with Crippen molar-refractivity contribution >= 4 is 0 Å². The zero-order valence-corrected chi connectivity index (χ0v) is 58.1. The highest BCUT2D eigenvalue weighted by Gasteiger charge is 2.33. The van der Waals surface area contributed by atoms with Crippen LogP contribution in [0, 0.1) is 22.2 Å². The van der Waals surface area contributed by atoms with Gasteiger partial charge in [0.25, 0.3) is 0 Å². The molecule has 0 atom stereocenters. The molecule has 0 N–H and O–H groups in total. The van der Waals surface area contributed by atoms with Gasteiger partial charge in [-0.2, -0.15) is 0 Å². The molecule has 0 radical (unpaired) electrons. The first-order chi connectivity index (χ1) is 36.0. The maximum absolute atomic E-state index is 2.53. The molecule has 0 rings (SSSR count). The molecule has 4 nitrogen and oxygen atoms in total. The van der Waals surface area contributed by atoms with Crippen LogP contribution in [0.1, 0.15) is 359 Å². The first-order valence-electron chi connectivity index (χ1n) is 35.4. The minimum Gasteiger partial charge on any atom is -0.324 e. The third-order valence-corrected chi connectivity index (χ3v) is 18.0. The van der Waals surface area contributed by atoms with Gasteiger partial charge in [-0.15, -0.1) is 0 Å². The zero-order chi connectivity index (χ0) is 58.3. The molecule has 0 heterocycles. The summed E-state index contributed by atoms with van der Waals surface area (Å²) in [5.74, 6) is 0.864. The van der Waals surface area contributed by atoms with Gasteiger partial charge in [-0.1, -0.05) is 237 Å². The highest BCUT2D eigenvalue weighted by Crippen LogP contribution is 2.35. The van der Waals surface area contributed by atoms with Gasteiger partial charge in [0.1, 0.15) is 0 Å². The molecule has 0 amide bonds. The standard InChI is InChI=1S/C35H76N2.C20H44N.C17H38N.2CH4/c1-10-16-26-36(27-17-11-2,28-18-12-3)32-22-24-34(35(7,8)9)25-23-33-37(29-19-13-4,30-20-14-5)31-21-15-6;1-7-10-16-21(17-11-8-2,18-12-9-3)19-14-13-15-20(4,5)6;1-7-10-13-18(14-11-8-2,15-12-9-3)16-17(4,5)6;;/h34H,10-33H2,1-9H3;7-19H2,1-6H3;7-16H2,1-6H3;2*1H4/q+2;2*+1;;. The third-order valence-electron chi connectivity index (χ3n) is 18.0. The van der Waals surface area contributed by atoms with Crippen LogP contribution < -0.4 is 0 Å². The maximum Gasteiger partial charge on any atom is 0.0835 e. The zero-order valence-electron chi connectivity index (χ0n) is 58.1. The van der Waals surface area contributed by atoms with E-state index in [0.29, 0.717) is 16.2 Å². The third kappa shape index (κ3) is 47.2. The van der Waals surface area contributed by atoms with Crippen LogP contribution in [-0.2, 0) is 0 Å². The molecule has 0 aliphatic carbocycles. The Morgan fingerprint density at radius 2 is 0.423 bits per heavy atom. The lowest BCUT2D eigenvalue weighted by Crippen LogP contribution is -2.54. The molecule has 0 aromatic heterocycles. The molecule has 4 heteroatoms. The number of hydrogen-bond donors (Lipinski definition) is 0. The number of rotatable bonds is 49. The van der Waals surface area contributed by atoms with Gasteiger partial charge in [0, 0.05) is 5.41 Å². The Morgan fingerprint density at radius 1 is 0.231 bits per heavy atom. The molecule has 0 aliphatic heterocycles. The summed E-state index contributed by atoms with van der Waals surface area (Å²) < 4.78 is 5.62. The van der Waals surface area contributed by atoms with Crippen molar-refractivity contribution in [2.75, 3.05) is 105 Å². The second-order valence-corrected chi connectivity index (χ2v) is 29.5. The lowest BCUT2D eigenvalue weighted by atomic mass is 9.75. The van der Waals surface area contributed by atoms with Gasteiger partial charge in [0.05, 0.1) is 105 Å². The fourth-order valence-corrected chi connectivity index (χ4v) is 13.0. The Morgan fingerprint density at radius 3 is 0.603 bits per heavy atom. The Labute approximate surface area is 501 Å². The Balaban J connectivity index is -0.000000368. The minimum atomic E-state index is 0. The van der Waals surface area contributed by atoms with E-state index in [1.165, 1.54) is 322 Å². The van der Waals surface area contributed by atoms with Crippen molar-refractivity contribution in [2.24, 2.45) is 22.2 Å². The Kier molecular flexibility index (Phi) is 58.2. The topological polar surface area (TPSA) is 0 Å². The number of quaternary nitrogens is 4. The summed E-state index contributed by atoms with van der Waals surface area (Å²) in [6, 6.07) is 0. The predicted octanol–water partition coefficient (Wildman–Crippen LogP) is 23.6. The van der Waals surface area contributed by atoms with Crippen LogP contribution in [-0.4, -0.2) is 123 Å². The SMILES string of the molecule is C.C.CCCC[N+](CCCC)(CCCC)CC(C)(C)C.CCCC[N+](CCCC)(CCCC)CCCC(CCC[N+](CCCC)(CCCC)CCCC)C(C)(C)C.CCCC[N+](CCCC)(CCCC)CCCCC(C)(C)C. The van der Waals surface area contributed by atoms with Gasteiger partial charge < -0.3 is 17.9 Å². The van der Waals surface area contributed by atoms with Gasteiger partial charge in [0.2, 0.25) is 0 Å². The molecule has 0 aromatic rings. The predicted molar refractivity (Wildman–Crippen MR) is 365 cm³/mol. The van der Waals surface area contributed by atoms with E-state index < -0.39 is 0 Å². The molecule has 0 aromatic carbocycles. The van der Waals surface area contributed by atoms with Crippen molar-refractivity contribution in [1.82, 2.24) is 0 Å². The normalized spacial score (nSPS) is 12.7. The lowest BCUT2D eigenvalue weighted by Gasteiger charge is -2.43. The average Bonchev–Trinajstić information content (AvgIpc) is 3.37. The van der Waals surface area contributed by atoms with E-state index in [4.69, 9.17) is 0 Å². The molecule has 0 aliphatic rings. The fraction of sp³-hybridized carbons (Fsp3) is 1.00. The van der Waals surface area contributed by atoms with Gasteiger partial charge in [-0.25, -0.2) is 0 Å². The Bertz CT molecular complexity index is 1060. The van der Waals surface area contributed by atoms with Crippen LogP contribution in [0.25, 0.3) is 0 Å². The summed E-state index contributed by atoms with van der Waals surface area (Å²) in [7, 11) is 0. The van der Waals surface area contributed by atoms with E-state index in [0.717, 1.165) is 5.92 Å².